The van der Waals surface area contributed by atoms with Gasteiger partial charge in [0, 0.05) is 0 Å². The molecular weight excluding hydrogens is 214 g/mol. The van der Waals surface area contributed by atoms with Gasteiger partial charge in [-0.1, -0.05) is 11.3 Å². The molecule has 0 aliphatic carbocycles. The topological polar surface area (TPSA) is 99.9 Å². The lowest BCUT2D eigenvalue weighted by Gasteiger charge is -2.14. The lowest BCUT2D eigenvalue weighted by atomic mass is 10.2. The molecule has 0 fully saturated rings. The molecule has 6 nitrogen and oxygen atoms in total. The van der Waals surface area contributed by atoms with E-state index in [0.717, 1.165) is 10.6 Å². The van der Waals surface area contributed by atoms with Crippen LogP contribution >= 0.6 is 11.3 Å². The van der Waals surface area contributed by atoms with Gasteiger partial charge in [-0.05, 0) is 0 Å². The lowest BCUT2D eigenvalue weighted by molar-refractivity contribution is 0.303. The van der Waals surface area contributed by atoms with Crippen LogP contribution in [0.3, 0.4) is 0 Å². The Morgan fingerprint density at radius 1 is 1.27 bits per heavy atom. The SMILES string of the molecule is Nc1ncc2c(n1)-c1nc(N)sc1CO2. The second-order valence-electron chi connectivity index (χ2n) is 3.05. The fourth-order valence-corrected chi connectivity index (χ4v) is 2.20. The number of aromatic nitrogens is 3. The number of rotatable bonds is 0. The number of nitrogens with two attached hydrogens (primary N) is 2. The maximum Gasteiger partial charge on any atom is 0.220 e. The average Bonchev–Trinajstić information content (AvgIpc) is 2.58. The standard InChI is InChI=1S/C8H7N5OS/c9-7-11-1-3-5(12-7)6-4(2-14-3)15-8(10)13-6/h1H,2H2,(H2,10,13)(H2,9,11,12). The number of ether oxygens (including phenoxy) is 1. The van der Waals surface area contributed by atoms with Crippen LogP contribution in [0.2, 0.25) is 0 Å². The molecule has 0 amide bonds. The van der Waals surface area contributed by atoms with E-state index >= 15 is 0 Å². The van der Waals surface area contributed by atoms with E-state index in [2.05, 4.69) is 15.0 Å². The third-order valence-electron chi connectivity index (χ3n) is 2.07. The summed E-state index contributed by atoms with van der Waals surface area (Å²) >= 11 is 1.40. The van der Waals surface area contributed by atoms with Crippen LogP contribution in [0.25, 0.3) is 11.4 Å². The highest BCUT2D eigenvalue weighted by Crippen LogP contribution is 2.38. The molecule has 0 radical (unpaired) electrons. The molecule has 0 aromatic carbocycles. The summed E-state index contributed by atoms with van der Waals surface area (Å²) < 4.78 is 5.45. The fourth-order valence-electron chi connectivity index (χ4n) is 1.46. The van der Waals surface area contributed by atoms with E-state index in [1.165, 1.54) is 11.3 Å². The molecule has 0 bridgehead atoms. The molecule has 0 atom stereocenters. The van der Waals surface area contributed by atoms with Crippen LogP contribution in [0.15, 0.2) is 6.20 Å². The quantitative estimate of drug-likeness (QED) is 0.677. The molecule has 4 N–H and O–H groups in total. The van der Waals surface area contributed by atoms with Crippen LogP contribution in [0.4, 0.5) is 11.1 Å². The van der Waals surface area contributed by atoms with Crippen molar-refractivity contribution in [2.24, 2.45) is 0 Å². The van der Waals surface area contributed by atoms with Gasteiger partial charge < -0.3 is 16.2 Å². The van der Waals surface area contributed by atoms with Crippen LogP contribution < -0.4 is 16.2 Å². The first-order chi connectivity index (χ1) is 7.24. The van der Waals surface area contributed by atoms with E-state index in [0.29, 0.717) is 23.2 Å². The number of hydrogen-bond acceptors (Lipinski definition) is 7. The van der Waals surface area contributed by atoms with Gasteiger partial charge in [0.15, 0.2) is 10.9 Å². The van der Waals surface area contributed by atoms with Crippen molar-refractivity contribution in [2.45, 2.75) is 6.61 Å². The van der Waals surface area contributed by atoms with Gasteiger partial charge in [-0.3, -0.25) is 0 Å². The van der Waals surface area contributed by atoms with Gasteiger partial charge in [-0.25, -0.2) is 15.0 Å². The molecule has 0 saturated carbocycles. The van der Waals surface area contributed by atoms with Crippen LogP contribution in [0.5, 0.6) is 5.75 Å². The van der Waals surface area contributed by atoms with Gasteiger partial charge in [-0.15, -0.1) is 0 Å². The number of nitrogens with zero attached hydrogens (tertiary/aromatic N) is 3. The molecule has 7 heteroatoms. The highest BCUT2D eigenvalue weighted by atomic mass is 32.1. The molecule has 1 aliphatic heterocycles. The summed E-state index contributed by atoms with van der Waals surface area (Å²) in [5, 5.41) is 0.508. The van der Waals surface area contributed by atoms with Gasteiger partial charge in [0.25, 0.3) is 0 Å². The minimum atomic E-state index is 0.205. The van der Waals surface area contributed by atoms with Gasteiger partial charge in [0.2, 0.25) is 5.95 Å². The summed E-state index contributed by atoms with van der Waals surface area (Å²) in [7, 11) is 0. The predicted molar refractivity (Wildman–Crippen MR) is 56.3 cm³/mol. The van der Waals surface area contributed by atoms with E-state index in [1.54, 1.807) is 6.20 Å². The molecule has 15 heavy (non-hydrogen) atoms. The summed E-state index contributed by atoms with van der Waals surface area (Å²) in [5.41, 5.74) is 12.5. The van der Waals surface area contributed by atoms with E-state index in [-0.39, 0.29) is 5.95 Å². The smallest absolute Gasteiger partial charge is 0.220 e. The van der Waals surface area contributed by atoms with Crippen LogP contribution in [0.1, 0.15) is 4.88 Å². The number of hydrogen-bond donors (Lipinski definition) is 2. The Morgan fingerprint density at radius 2 is 2.13 bits per heavy atom. The van der Waals surface area contributed by atoms with E-state index in [1.807, 2.05) is 0 Å². The maximum absolute atomic E-state index is 5.63. The zero-order valence-corrected chi connectivity index (χ0v) is 8.41. The Labute approximate surface area is 88.9 Å². The zero-order chi connectivity index (χ0) is 10.4. The Hall–Kier alpha value is -1.89. The summed E-state index contributed by atoms with van der Waals surface area (Å²) in [6.45, 7) is 0.463. The Morgan fingerprint density at radius 3 is 3.00 bits per heavy atom. The lowest BCUT2D eigenvalue weighted by Crippen LogP contribution is -2.07. The van der Waals surface area contributed by atoms with Crippen LogP contribution in [0, 0.1) is 0 Å². The van der Waals surface area contributed by atoms with Gasteiger partial charge in [0.1, 0.15) is 18.0 Å². The summed E-state index contributed by atoms with van der Waals surface area (Å²) in [5.74, 6) is 0.804. The van der Waals surface area contributed by atoms with Crippen LogP contribution in [-0.4, -0.2) is 15.0 Å². The average molecular weight is 221 g/mol. The first-order valence-electron chi connectivity index (χ1n) is 4.25. The van der Waals surface area contributed by atoms with Gasteiger partial charge >= 0.3 is 0 Å². The highest BCUT2D eigenvalue weighted by Gasteiger charge is 2.23. The monoisotopic (exact) mass is 221 g/mol. The molecule has 2 aromatic heterocycles. The predicted octanol–water partition coefficient (Wildman–Crippen LogP) is 0.657. The maximum atomic E-state index is 5.63. The Bertz CT molecular complexity index is 538. The molecule has 0 unspecified atom stereocenters. The van der Waals surface area contributed by atoms with E-state index < -0.39 is 0 Å². The number of thiazole rings is 1. The molecule has 2 aromatic rings. The van der Waals surface area contributed by atoms with Crippen molar-refractivity contribution in [1.29, 1.82) is 0 Å². The van der Waals surface area contributed by atoms with E-state index in [9.17, 15) is 0 Å². The highest BCUT2D eigenvalue weighted by molar-refractivity contribution is 7.15. The summed E-state index contributed by atoms with van der Waals surface area (Å²) in [4.78, 5) is 13.1. The number of anilines is 2. The Balaban J connectivity index is 2.27. The van der Waals surface area contributed by atoms with E-state index in [4.69, 9.17) is 16.2 Å². The Kier molecular flexibility index (Phi) is 1.57. The third kappa shape index (κ3) is 1.20. The van der Waals surface area contributed by atoms with Crippen molar-refractivity contribution < 1.29 is 4.74 Å². The van der Waals surface area contributed by atoms with Crippen molar-refractivity contribution in [2.75, 3.05) is 11.5 Å². The minimum absolute atomic E-state index is 0.205. The first kappa shape index (κ1) is 8.42. The fraction of sp³-hybridized carbons (Fsp3) is 0.125. The largest absolute Gasteiger partial charge is 0.484 e. The normalized spacial score (nSPS) is 12.8. The summed E-state index contributed by atoms with van der Waals surface area (Å²) in [6.07, 6.45) is 1.55. The van der Waals surface area contributed by atoms with Crippen molar-refractivity contribution in [3.05, 3.63) is 11.1 Å². The zero-order valence-electron chi connectivity index (χ0n) is 7.60. The molecule has 76 valence electrons. The minimum Gasteiger partial charge on any atom is -0.484 e. The van der Waals surface area contributed by atoms with Crippen molar-refractivity contribution in [3.8, 4) is 17.1 Å². The number of fused-ring (bicyclic) bond motifs is 3. The molecular formula is C8H7N5OS. The van der Waals surface area contributed by atoms with Gasteiger partial charge in [-0.2, -0.15) is 0 Å². The second-order valence-corrected chi connectivity index (χ2v) is 4.17. The third-order valence-corrected chi connectivity index (χ3v) is 2.93. The van der Waals surface area contributed by atoms with Crippen molar-refractivity contribution in [3.63, 3.8) is 0 Å². The molecule has 0 spiro atoms. The molecule has 1 aliphatic rings. The molecule has 3 heterocycles. The first-order valence-corrected chi connectivity index (χ1v) is 5.06. The second kappa shape index (κ2) is 2.80. The van der Waals surface area contributed by atoms with Crippen molar-refractivity contribution >= 4 is 22.4 Å². The molecule has 0 saturated heterocycles. The van der Waals surface area contributed by atoms with Crippen molar-refractivity contribution in [1.82, 2.24) is 15.0 Å². The number of nitrogen functional groups attached to an aromatic ring is 2. The van der Waals surface area contributed by atoms with Crippen LogP contribution in [-0.2, 0) is 6.61 Å². The van der Waals surface area contributed by atoms with Gasteiger partial charge in [0.05, 0.1) is 11.1 Å². The molecule has 3 rings (SSSR count). The summed E-state index contributed by atoms with van der Waals surface area (Å²) in [6, 6.07) is 0.